The van der Waals surface area contributed by atoms with Gasteiger partial charge in [0.15, 0.2) is 0 Å². The Kier molecular flexibility index (Phi) is 3.88. The van der Waals surface area contributed by atoms with Crippen LogP contribution >= 0.6 is 11.3 Å². The average molecular weight is 291 g/mol. The lowest BCUT2D eigenvalue weighted by Gasteiger charge is -2.10. The molecule has 0 amide bonds. The first-order valence-corrected chi connectivity index (χ1v) is 7.88. The molecule has 2 rings (SSSR count). The second-order valence-electron chi connectivity index (χ2n) is 3.99. The van der Waals surface area contributed by atoms with Gasteiger partial charge in [-0.1, -0.05) is 0 Å². The zero-order chi connectivity index (χ0) is 13.2. The van der Waals surface area contributed by atoms with E-state index in [1.165, 1.54) is 12.1 Å². The van der Waals surface area contributed by atoms with Crippen LogP contribution in [0.15, 0.2) is 12.1 Å². The van der Waals surface area contributed by atoms with Crippen LogP contribution in [0.2, 0.25) is 0 Å². The molecule has 1 aliphatic rings. The molecule has 1 unspecified atom stereocenters. The normalized spacial score (nSPS) is 19.9. The van der Waals surface area contributed by atoms with Crippen molar-refractivity contribution in [3.05, 3.63) is 17.0 Å². The Morgan fingerprint density at radius 3 is 2.89 bits per heavy atom. The van der Waals surface area contributed by atoms with Crippen molar-refractivity contribution in [1.29, 1.82) is 0 Å². The van der Waals surface area contributed by atoms with Gasteiger partial charge in [-0.25, -0.2) is 13.2 Å². The van der Waals surface area contributed by atoms with Crippen LogP contribution in [0.3, 0.4) is 0 Å². The molecule has 1 fully saturated rings. The number of carbonyl (C=O) groups is 1. The van der Waals surface area contributed by atoms with E-state index < -0.39 is 16.0 Å². The molecule has 1 atom stereocenters. The molecule has 1 aliphatic heterocycles. The lowest BCUT2D eigenvalue weighted by molar-refractivity contribution is 0.0702. The maximum atomic E-state index is 11.8. The Hall–Kier alpha value is -1.12. The van der Waals surface area contributed by atoms with Gasteiger partial charge in [0, 0.05) is 6.61 Å². The van der Waals surface area contributed by atoms with E-state index in [9.17, 15) is 13.2 Å². The molecule has 0 radical (unpaired) electrons. The van der Waals surface area contributed by atoms with Gasteiger partial charge in [-0.05, 0) is 25.0 Å². The molecular weight excluding hydrogens is 278 g/mol. The van der Waals surface area contributed by atoms with Crippen molar-refractivity contribution in [3.8, 4) is 0 Å². The lowest BCUT2D eigenvalue weighted by atomic mass is 10.3. The average Bonchev–Trinajstić information content (AvgIpc) is 2.87. The molecule has 2 N–H and O–H groups in total. The van der Waals surface area contributed by atoms with Crippen LogP contribution in [0, 0.1) is 0 Å². The highest BCUT2D eigenvalue weighted by Crippen LogP contribution is 2.24. The van der Waals surface area contributed by atoms with Crippen LogP contribution in [0.25, 0.3) is 0 Å². The number of anilines is 1. The second-order valence-corrected chi connectivity index (χ2v) is 6.84. The fourth-order valence-corrected chi connectivity index (χ4v) is 4.08. The fraction of sp³-hybridized carbons (Fsp3) is 0.500. The number of sulfonamides is 1. The molecule has 2 heterocycles. The van der Waals surface area contributed by atoms with Crippen molar-refractivity contribution in [2.75, 3.05) is 17.1 Å². The van der Waals surface area contributed by atoms with E-state index in [2.05, 4.69) is 4.72 Å². The van der Waals surface area contributed by atoms with Gasteiger partial charge in [0.2, 0.25) is 10.0 Å². The number of carboxylic acid groups (broad SMARTS) is 1. The summed E-state index contributed by atoms with van der Waals surface area (Å²) in [6, 6.07) is 2.82. The third kappa shape index (κ3) is 3.44. The standard InChI is InChI=1S/C10H13NO5S2/c12-10(13)8-3-4-9(17-8)11-18(14,15)6-7-2-1-5-16-7/h3-4,7,11H,1-2,5-6H2,(H,12,13). The minimum absolute atomic E-state index is 0.0900. The largest absolute Gasteiger partial charge is 0.477 e. The summed E-state index contributed by atoms with van der Waals surface area (Å²) in [4.78, 5) is 10.8. The van der Waals surface area contributed by atoms with Gasteiger partial charge in [0.05, 0.1) is 11.9 Å². The Morgan fingerprint density at radius 1 is 1.56 bits per heavy atom. The molecule has 0 aliphatic carbocycles. The van der Waals surface area contributed by atoms with Crippen LogP contribution in [0.4, 0.5) is 5.00 Å². The van der Waals surface area contributed by atoms with Gasteiger partial charge in [0.25, 0.3) is 0 Å². The monoisotopic (exact) mass is 291 g/mol. The van der Waals surface area contributed by atoms with E-state index in [4.69, 9.17) is 9.84 Å². The van der Waals surface area contributed by atoms with Gasteiger partial charge in [-0.2, -0.15) is 0 Å². The van der Waals surface area contributed by atoms with E-state index in [1.54, 1.807) is 0 Å². The molecule has 0 aromatic carbocycles. The third-order valence-electron chi connectivity index (χ3n) is 2.50. The van der Waals surface area contributed by atoms with E-state index in [1.807, 2.05) is 0 Å². The number of aromatic carboxylic acids is 1. The Bertz CT molecular complexity index is 530. The number of nitrogens with one attached hydrogen (secondary N) is 1. The Morgan fingerprint density at radius 2 is 2.33 bits per heavy atom. The van der Waals surface area contributed by atoms with Gasteiger partial charge in [0.1, 0.15) is 9.88 Å². The minimum Gasteiger partial charge on any atom is -0.477 e. The highest BCUT2D eigenvalue weighted by atomic mass is 32.2. The maximum Gasteiger partial charge on any atom is 0.345 e. The summed E-state index contributed by atoms with van der Waals surface area (Å²) in [5.74, 6) is -1.16. The smallest absolute Gasteiger partial charge is 0.345 e. The fourth-order valence-electron chi connectivity index (χ4n) is 1.72. The molecular formula is C10H13NO5S2. The molecule has 100 valence electrons. The predicted molar refractivity (Wildman–Crippen MR) is 67.7 cm³/mol. The zero-order valence-electron chi connectivity index (χ0n) is 9.46. The van der Waals surface area contributed by atoms with Crippen molar-refractivity contribution in [2.45, 2.75) is 18.9 Å². The first kappa shape index (κ1) is 13.3. The van der Waals surface area contributed by atoms with Crippen molar-refractivity contribution in [1.82, 2.24) is 0 Å². The second kappa shape index (κ2) is 5.25. The number of thiophene rings is 1. The van der Waals surface area contributed by atoms with Crippen molar-refractivity contribution in [3.63, 3.8) is 0 Å². The summed E-state index contributed by atoms with van der Waals surface area (Å²) in [6.07, 6.45) is 1.36. The highest BCUT2D eigenvalue weighted by Gasteiger charge is 2.23. The molecule has 1 saturated heterocycles. The Balaban J connectivity index is 2.00. The van der Waals surface area contributed by atoms with Crippen LogP contribution in [-0.4, -0.2) is 38.0 Å². The number of rotatable bonds is 5. The summed E-state index contributed by atoms with van der Waals surface area (Å²) in [6.45, 7) is 0.600. The van der Waals surface area contributed by atoms with Gasteiger partial charge in [-0.3, -0.25) is 4.72 Å². The molecule has 1 aromatic heterocycles. The van der Waals surface area contributed by atoms with Gasteiger partial charge in [-0.15, -0.1) is 11.3 Å². The molecule has 6 nitrogen and oxygen atoms in total. The molecule has 1 aromatic rings. The number of ether oxygens (including phenoxy) is 1. The van der Waals surface area contributed by atoms with Crippen LogP contribution in [0.1, 0.15) is 22.5 Å². The molecule has 18 heavy (non-hydrogen) atoms. The first-order valence-electron chi connectivity index (χ1n) is 5.41. The predicted octanol–water partition coefficient (Wildman–Crippen LogP) is 1.37. The van der Waals surface area contributed by atoms with Crippen molar-refractivity contribution >= 4 is 32.3 Å². The van der Waals surface area contributed by atoms with Crippen LogP contribution in [0.5, 0.6) is 0 Å². The highest BCUT2D eigenvalue weighted by molar-refractivity contribution is 7.92. The van der Waals surface area contributed by atoms with Gasteiger partial charge < -0.3 is 9.84 Å². The van der Waals surface area contributed by atoms with E-state index in [-0.39, 0.29) is 16.7 Å². The van der Waals surface area contributed by atoms with Crippen LogP contribution < -0.4 is 4.72 Å². The number of hydrogen-bond acceptors (Lipinski definition) is 5. The Labute approximate surface area is 109 Å². The third-order valence-corrected chi connectivity index (χ3v) is 4.96. The molecule has 0 spiro atoms. The van der Waals surface area contributed by atoms with E-state index in [0.29, 0.717) is 11.6 Å². The SMILES string of the molecule is O=C(O)c1ccc(NS(=O)(=O)CC2CCCO2)s1. The summed E-state index contributed by atoms with van der Waals surface area (Å²) in [7, 11) is -3.49. The molecule has 0 saturated carbocycles. The van der Waals surface area contributed by atoms with E-state index >= 15 is 0 Å². The minimum atomic E-state index is -3.49. The lowest BCUT2D eigenvalue weighted by Crippen LogP contribution is -2.25. The van der Waals surface area contributed by atoms with Crippen molar-refractivity contribution < 1.29 is 23.1 Å². The topological polar surface area (TPSA) is 92.7 Å². The van der Waals surface area contributed by atoms with Gasteiger partial charge >= 0.3 is 5.97 Å². The summed E-state index contributed by atoms with van der Waals surface area (Å²) in [5.41, 5.74) is 0. The first-order chi connectivity index (χ1) is 8.46. The molecule has 0 bridgehead atoms. The summed E-state index contributed by atoms with van der Waals surface area (Å²) in [5, 5.41) is 9.05. The van der Waals surface area contributed by atoms with E-state index in [0.717, 1.165) is 24.2 Å². The zero-order valence-corrected chi connectivity index (χ0v) is 11.1. The maximum absolute atomic E-state index is 11.8. The quantitative estimate of drug-likeness (QED) is 0.854. The number of hydrogen-bond donors (Lipinski definition) is 2. The summed E-state index contributed by atoms with van der Waals surface area (Å²) < 4.78 is 31.2. The van der Waals surface area contributed by atoms with Crippen LogP contribution in [-0.2, 0) is 14.8 Å². The summed E-state index contributed by atoms with van der Waals surface area (Å²) >= 11 is 0.895. The number of carboxylic acids is 1. The molecule has 8 heteroatoms. The van der Waals surface area contributed by atoms with Crippen molar-refractivity contribution in [2.24, 2.45) is 0 Å².